The number of halogens is 2. The van der Waals surface area contributed by atoms with Gasteiger partial charge < -0.3 is 14.8 Å². The zero-order chi connectivity index (χ0) is 21.1. The molecule has 0 spiro atoms. The number of carbonyl (C=O) groups excluding carboxylic acids is 1. The van der Waals surface area contributed by atoms with Crippen molar-refractivity contribution >= 4 is 58.1 Å². The van der Waals surface area contributed by atoms with E-state index in [1.165, 1.54) is 12.1 Å². The number of nitrogens with one attached hydrogen (secondary N) is 2. The van der Waals surface area contributed by atoms with Crippen molar-refractivity contribution in [3.8, 4) is 11.3 Å². The summed E-state index contributed by atoms with van der Waals surface area (Å²) in [6.07, 6.45) is 0. The first-order valence-corrected chi connectivity index (χ1v) is 9.43. The van der Waals surface area contributed by atoms with Crippen molar-refractivity contribution in [3.63, 3.8) is 0 Å². The Balaban J connectivity index is 1.71. The molecular formula is C20H14Cl2N2O4S. The van der Waals surface area contributed by atoms with Crippen LogP contribution in [-0.4, -0.2) is 22.1 Å². The molecule has 9 heteroatoms. The highest BCUT2D eigenvalue weighted by atomic mass is 35.5. The fraction of sp³-hybridized carbons (Fsp3) is 0.0500. The largest absolute Gasteiger partial charge is 0.478 e. The summed E-state index contributed by atoms with van der Waals surface area (Å²) >= 11 is 17.2. The van der Waals surface area contributed by atoms with Crippen LogP contribution in [-0.2, 0) is 0 Å². The molecule has 2 aromatic carbocycles. The quantitative estimate of drug-likeness (QED) is 0.463. The van der Waals surface area contributed by atoms with E-state index in [0.717, 1.165) is 0 Å². The van der Waals surface area contributed by atoms with Gasteiger partial charge in [-0.2, -0.15) is 0 Å². The van der Waals surface area contributed by atoms with Gasteiger partial charge in [-0.15, -0.1) is 0 Å². The summed E-state index contributed by atoms with van der Waals surface area (Å²) in [6.45, 7) is 1.64. The number of thiocarbonyl (C=S) groups is 1. The van der Waals surface area contributed by atoms with Crippen LogP contribution in [0.2, 0.25) is 10.0 Å². The molecule has 0 saturated carbocycles. The smallest absolute Gasteiger partial charge is 0.336 e. The van der Waals surface area contributed by atoms with Gasteiger partial charge in [-0.3, -0.25) is 10.1 Å². The predicted octanol–water partition coefficient (Wildman–Crippen LogP) is 5.39. The van der Waals surface area contributed by atoms with Crippen molar-refractivity contribution in [2.75, 3.05) is 5.32 Å². The minimum atomic E-state index is -1.05. The van der Waals surface area contributed by atoms with E-state index >= 15 is 0 Å². The van der Waals surface area contributed by atoms with Crippen LogP contribution in [0.4, 0.5) is 5.69 Å². The van der Waals surface area contributed by atoms with E-state index in [1.54, 1.807) is 43.3 Å². The van der Waals surface area contributed by atoms with E-state index in [0.29, 0.717) is 32.6 Å². The van der Waals surface area contributed by atoms with Gasteiger partial charge in [0, 0.05) is 16.3 Å². The zero-order valence-corrected chi connectivity index (χ0v) is 17.3. The molecule has 0 saturated heterocycles. The first-order valence-electron chi connectivity index (χ1n) is 8.26. The number of hydrogen-bond donors (Lipinski definition) is 3. The first kappa shape index (κ1) is 20.9. The van der Waals surface area contributed by atoms with Crippen LogP contribution < -0.4 is 10.6 Å². The van der Waals surface area contributed by atoms with Gasteiger partial charge in [0.15, 0.2) is 10.9 Å². The van der Waals surface area contributed by atoms with Crippen molar-refractivity contribution in [3.05, 3.63) is 75.5 Å². The maximum atomic E-state index is 12.4. The second-order valence-corrected chi connectivity index (χ2v) is 7.23. The molecule has 29 heavy (non-hydrogen) atoms. The van der Waals surface area contributed by atoms with Crippen LogP contribution in [0.25, 0.3) is 11.3 Å². The summed E-state index contributed by atoms with van der Waals surface area (Å²) in [5.41, 5.74) is 1.70. The Hall–Kier alpha value is -2.87. The SMILES string of the molecule is Cc1c(NC(=S)NC(=O)c2ccc(-c3ccc(Cl)cc3Cl)o2)cccc1C(=O)O. The number of rotatable bonds is 4. The molecule has 0 unspecified atom stereocenters. The second kappa shape index (κ2) is 8.65. The third kappa shape index (κ3) is 4.76. The van der Waals surface area contributed by atoms with Gasteiger partial charge in [-0.05, 0) is 67.2 Å². The molecule has 0 bridgehead atoms. The number of aromatic carboxylic acids is 1. The monoisotopic (exact) mass is 448 g/mol. The fourth-order valence-electron chi connectivity index (χ4n) is 2.62. The lowest BCUT2D eigenvalue weighted by Gasteiger charge is -2.12. The third-order valence-corrected chi connectivity index (χ3v) is 4.82. The van der Waals surface area contributed by atoms with Crippen LogP contribution in [0, 0.1) is 6.92 Å². The van der Waals surface area contributed by atoms with Crippen LogP contribution in [0.5, 0.6) is 0 Å². The number of carboxylic acid groups (broad SMARTS) is 1. The average molecular weight is 449 g/mol. The Bertz CT molecular complexity index is 1130. The maximum Gasteiger partial charge on any atom is 0.336 e. The van der Waals surface area contributed by atoms with Gasteiger partial charge >= 0.3 is 5.97 Å². The molecule has 148 valence electrons. The van der Waals surface area contributed by atoms with Crippen LogP contribution in [0.15, 0.2) is 52.9 Å². The van der Waals surface area contributed by atoms with Gasteiger partial charge in [0.25, 0.3) is 5.91 Å². The number of hydrogen-bond acceptors (Lipinski definition) is 4. The van der Waals surface area contributed by atoms with Crippen molar-refractivity contribution in [1.82, 2.24) is 5.32 Å². The van der Waals surface area contributed by atoms with E-state index in [-0.39, 0.29) is 16.4 Å². The number of carbonyl (C=O) groups is 2. The van der Waals surface area contributed by atoms with Gasteiger partial charge in [0.1, 0.15) is 5.76 Å². The molecular weight excluding hydrogens is 435 g/mol. The highest BCUT2D eigenvalue weighted by Crippen LogP contribution is 2.31. The molecule has 6 nitrogen and oxygen atoms in total. The van der Waals surface area contributed by atoms with Crippen LogP contribution in [0.3, 0.4) is 0 Å². The van der Waals surface area contributed by atoms with Crippen molar-refractivity contribution in [2.45, 2.75) is 6.92 Å². The summed E-state index contributed by atoms with van der Waals surface area (Å²) in [5, 5.41) is 15.4. The lowest BCUT2D eigenvalue weighted by Crippen LogP contribution is -2.34. The van der Waals surface area contributed by atoms with Crippen molar-refractivity contribution < 1.29 is 19.1 Å². The molecule has 1 heterocycles. The normalized spacial score (nSPS) is 10.4. The molecule has 0 radical (unpaired) electrons. The molecule has 1 aromatic heterocycles. The van der Waals surface area contributed by atoms with E-state index in [2.05, 4.69) is 10.6 Å². The van der Waals surface area contributed by atoms with Crippen LogP contribution >= 0.6 is 35.4 Å². The third-order valence-electron chi connectivity index (χ3n) is 4.07. The van der Waals surface area contributed by atoms with E-state index < -0.39 is 11.9 Å². The molecule has 0 fully saturated rings. The number of carboxylic acids is 1. The highest BCUT2D eigenvalue weighted by molar-refractivity contribution is 7.80. The van der Waals surface area contributed by atoms with E-state index in [9.17, 15) is 14.7 Å². The van der Waals surface area contributed by atoms with Crippen molar-refractivity contribution in [2.24, 2.45) is 0 Å². The minimum absolute atomic E-state index is 0.00288. The van der Waals surface area contributed by atoms with Gasteiger partial charge in [0.2, 0.25) is 0 Å². The minimum Gasteiger partial charge on any atom is -0.478 e. The summed E-state index contributed by atoms with van der Waals surface area (Å²) in [7, 11) is 0. The summed E-state index contributed by atoms with van der Waals surface area (Å²) in [5.74, 6) is -1.18. The number of amides is 1. The summed E-state index contributed by atoms with van der Waals surface area (Å²) in [4.78, 5) is 23.6. The predicted molar refractivity (Wildman–Crippen MR) is 116 cm³/mol. The van der Waals surface area contributed by atoms with Crippen LogP contribution in [0.1, 0.15) is 26.5 Å². The van der Waals surface area contributed by atoms with Gasteiger partial charge in [-0.25, -0.2) is 4.79 Å². The Morgan fingerprint density at radius 2 is 1.86 bits per heavy atom. The molecule has 0 aliphatic carbocycles. The molecule has 3 rings (SSSR count). The van der Waals surface area contributed by atoms with Crippen molar-refractivity contribution in [1.29, 1.82) is 0 Å². The molecule has 3 N–H and O–H groups in total. The number of anilines is 1. The average Bonchev–Trinajstić information content (AvgIpc) is 3.13. The van der Waals surface area contributed by atoms with E-state index in [4.69, 9.17) is 39.8 Å². The fourth-order valence-corrected chi connectivity index (χ4v) is 3.32. The van der Waals surface area contributed by atoms with Gasteiger partial charge in [-0.1, -0.05) is 29.3 Å². The summed E-state index contributed by atoms with van der Waals surface area (Å²) < 4.78 is 5.57. The summed E-state index contributed by atoms with van der Waals surface area (Å²) in [6, 6.07) is 12.8. The Labute approximate surface area is 181 Å². The molecule has 0 atom stereocenters. The maximum absolute atomic E-state index is 12.4. The highest BCUT2D eigenvalue weighted by Gasteiger charge is 2.16. The lowest BCUT2D eigenvalue weighted by atomic mass is 10.1. The van der Waals surface area contributed by atoms with Gasteiger partial charge in [0.05, 0.1) is 10.6 Å². The molecule has 1 amide bonds. The topological polar surface area (TPSA) is 91.6 Å². The number of benzene rings is 2. The molecule has 0 aliphatic heterocycles. The standard InChI is InChI=1S/C20H14Cl2N2O4S/c1-10-12(19(26)27)3-2-4-15(10)23-20(29)24-18(25)17-8-7-16(28-17)13-6-5-11(21)9-14(13)22/h2-9H,1H3,(H,26,27)(H2,23,24,25,29). The Kier molecular flexibility index (Phi) is 6.22. The molecule has 3 aromatic rings. The molecule has 0 aliphatic rings. The number of furan rings is 1. The lowest BCUT2D eigenvalue weighted by molar-refractivity contribution is 0.0696. The van der Waals surface area contributed by atoms with E-state index in [1.807, 2.05) is 0 Å². The second-order valence-electron chi connectivity index (χ2n) is 5.98. The zero-order valence-electron chi connectivity index (χ0n) is 15.0. The Morgan fingerprint density at radius 1 is 1.10 bits per heavy atom. The Morgan fingerprint density at radius 3 is 2.55 bits per heavy atom. The first-order chi connectivity index (χ1) is 13.8.